The number of hydrogen-bond donors (Lipinski definition) is 13. The van der Waals surface area contributed by atoms with Gasteiger partial charge in [-0.2, -0.15) is 26.4 Å². The van der Waals surface area contributed by atoms with Gasteiger partial charge >= 0.3 is 473 Å². The minimum atomic E-state index is -5.59. The normalized spacial score (nSPS) is 34.7. The van der Waals surface area contributed by atoms with Gasteiger partial charge in [-0.05, 0) is 50.2 Å². The van der Waals surface area contributed by atoms with E-state index in [1.807, 2.05) is 0 Å². The molecule has 18 N–H and O–H groups in total. The maximum Gasteiger partial charge on any atom is 1.00 e. The Labute approximate surface area is 1130 Å². The van der Waals surface area contributed by atoms with E-state index < -0.39 is 312 Å². The summed E-state index contributed by atoms with van der Waals surface area (Å²) in [5.74, 6) is 0. The first-order valence-corrected chi connectivity index (χ1v) is 43.3. The Kier molecular flexibility index (Phi) is 105. The summed E-state index contributed by atoms with van der Waals surface area (Å²) in [5, 5.41) is 99.3. The first-order valence-electron chi connectivity index (χ1n) is 32.6. The molecule has 8 aliphatic rings. The number of hydrogen-bond acceptors (Lipinski definition) is 55. The molecule has 33 atom stereocenters. The first kappa shape index (κ1) is 174. The minimum Gasteiger partial charge on any atom is -0.726 e. The fourth-order valence-electron chi connectivity index (χ4n) is 10.9. The van der Waals surface area contributed by atoms with E-state index in [0.29, 0.717) is 39.0 Å². The smallest absolute Gasteiger partial charge is 0.726 e. The Bertz CT molecular complexity index is 4040. The number of rotatable bonds is 34. The quantitative estimate of drug-likeness (QED) is 0.00935. The largest absolute Gasteiger partial charge is 1.00 e. The minimum absolute atomic E-state index is 0. The number of aliphatic hydroxyl groups is 9. The Morgan fingerprint density at radius 1 is 0.296 bits per heavy atom. The molecule has 0 amide bonds. The molecule has 8 saturated heterocycles. The zero-order valence-electron chi connectivity index (χ0n) is 75.0. The average molecular weight is 2270 g/mol. The summed E-state index contributed by atoms with van der Waals surface area (Å²) in [6.07, 6.45) is -52.0. The van der Waals surface area contributed by atoms with Gasteiger partial charge in [0.05, 0.1) is 56.9 Å². The van der Waals surface area contributed by atoms with Crippen molar-refractivity contribution >= 4 is 83.2 Å². The van der Waals surface area contributed by atoms with E-state index in [-0.39, 0.29) is 480 Å². The van der Waals surface area contributed by atoms with Crippen LogP contribution in [-0.4, -0.2) is 406 Å². The third kappa shape index (κ3) is 68.7. The fourth-order valence-corrected chi connectivity index (χ4v) is 12.6. The maximum atomic E-state index is 11.7. The molecule has 8 rings (SSSR count). The van der Waals surface area contributed by atoms with Gasteiger partial charge in [0.2, 0.25) is 83.2 Å². The molecule has 0 aromatic heterocycles. The molecule has 0 aromatic rings. The van der Waals surface area contributed by atoms with Gasteiger partial charge in [0.25, 0.3) is 0 Å². The van der Waals surface area contributed by atoms with E-state index in [1.165, 1.54) is 0 Å². The zero-order chi connectivity index (χ0) is 90.2. The van der Waals surface area contributed by atoms with Gasteiger partial charge in [0, 0.05) is 25.5 Å². The van der Waals surface area contributed by atoms with Gasteiger partial charge in [-0.25, -0.2) is 86.6 Å². The number of nitrogens with two attached hydrogens (primary N) is 1. The molecule has 0 saturated carbocycles. The number of unbranched alkanes of at least 4 members (excludes halogenated alkanes) is 2. The second-order valence-electron chi connectivity index (χ2n) is 24.8. The second kappa shape index (κ2) is 81.4. The van der Waals surface area contributed by atoms with Crippen molar-refractivity contribution in [2.75, 3.05) is 39.6 Å². The van der Waals surface area contributed by atoms with E-state index >= 15 is 0 Å². The SMILES string of the molecule is O=S(=O)([O-])O.O=S(=O)([O-])O.O=S(=O)([O-])O.[NH-]C1[C@@H](O[C@@H]2[CH-]O[C@@H](O[C@@H]3C(COS(=O)(=O)[O-])O[C@H](O[C@@H]4[CH-]O[C@@H](O[C@@H]5C(COS(=O)(=O)[O-])O[C@H](O[C@@H]6[CH-]O[C@@H](O[C@@H]7C(COS(=O)(=O)[O-])O[C@H](O[C@@H]8[CH-]O[C@@H](OCCCCCN)C(OS(=O)(=O)[O-])[C@H]8O)C([NH-])[C@H]7O)[CH-][C@@H]6O)C([NH-])[C@H]5O)[CH-][C@H]4O)C([NH-])[C@H]3O)[CH-][C@@H]2O)OC(COS(=O)(=O)[O-])[C@@H](O)[C@@H]1O.[Na+].[Na+].[Na+].[Na+].[Na+].[Na+].[Na+].[Na+].[Na+].[Na+].[Na+].[Na+].[Na+].[Na+].[Na+].[Na+]. The van der Waals surface area contributed by atoms with Gasteiger partial charge in [0.1, 0.15) is 80.1 Å². The van der Waals surface area contributed by atoms with Crippen molar-refractivity contribution in [3.8, 4) is 0 Å². The van der Waals surface area contributed by atoms with Crippen LogP contribution in [0.25, 0.3) is 22.9 Å². The van der Waals surface area contributed by atoms with Crippen LogP contribution in [0.2, 0.25) is 0 Å². The number of nitrogens with one attached hydrogen (secondary N) is 4. The number of ether oxygens (including phenoxy) is 16. The third-order valence-electron chi connectivity index (χ3n) is 16.0. The molecule has 9 unspecified atom stereocenters. The summed E-state index contributed by atoms with van der Waals surface area (Å²) in [6, 6.07) is -7.93. The Balaban J connectivity index is -0.000000452. The van der Waals surface area contributed by atoms with Gasteiger partial charge in [0.15, 0.2) is 6.29 Å². The van der Waals surface area contributed by atoms with E-state index in [4.69, 9.17) is 157 Å². The van der Waals surface area contributed by atoms with Crippen molar-refractivity contribution < 1.29 is 733 Å². The number of aliphatic hydroxyl groups excluding tert-OH is 9. The summed E-state index contributed by atoms with van der Waals surface area (Å²) >= 11 is 0. The van der Waals surface area contributed by atoms with Gasteiger partial charge < -0.3 is 187 Å². The van der Waals surface area contributed by atoms with Crippen LogP contribution >= 0.6 is 0 Å². The molecule has 0 spiro atoms. The maximum absolute atomic E-state index is 11.7. The van der Waals surface area contributed by atoms with Gasteiger partial charge in [-0.1, -0.05) is 42.5 Å². The van der Waals surface area contributed by atoms with Crippen LogP contribution in [0.15, 0.2) is 0 Å². The van der Waals surface area contributed by atoms with Crippen LogP contribution in [0.5, 0.6) is 0 Å². The summed E-state index contributed by atoms with van der Waals surface area (Å²) in [5.41, 5.74) is 39.8. The molecule has 86 heteroatoms. The van der Waals surface area contributed by atoms with Gasteiger partial charge in [-0.15, -0.1) is 0 Å². The molecule has 0 aromatic carbocycles. The van der Waals surface area contributed by atoms with Crippen LogP contribution in [0, 0.1) is 45.7 Å². The average Bonchev–Trinajstić information content (AvgIpc) is 0.797. The predicted molar refractivity (Wildman–Crippen MR) is 348 cm³/mol. The molecule has 8 heterocycles. The van der Waals surface area contributed by atoms with Crippen molar-refractivity contribution in [1.29, 1.82) is 0 Å². The van der Waals surface area contributed by atoms with E-state index in [0.717, 1.165) is 32.5 Å². The monoisotopic (exact) mass is 2270 g/mol. The summed E-state index contributed by atoms with van der Waals surface area (Å²) in [7, 11) is -42.3. The summed E-state index contributed by atoms with van der Waals surface area (Å²) in [4.78, 5) is 0. The third-order valence-corrected chi connectivity index (χ3v) is 18.2. The Morgan fingerprint density at radius 3 is 0.793 bits per heavy atom. The molecule has 706 valence electrons. The molecular formula is C49H76N5Na16O57S8-3. The van der Waals surface area contributed by atoms with Crippen molar-refractivity contribution in [3.05, 3.63) is 68.6 Å². The topological polar surface area (TPSA) is 1020 Å². The summed E-state index contributed by atoms with van der Waals surface area (Å²) < 4.78 is 381. The van der Waals surface area contributed by atoms with Crippen LogP contribution in [0.4, 0.5) is 0 Å². The van der Waals surface area contributed by atoms with Crippen molar-refractivity contribution in [2.24, 2.45) is 5.73 Å². The van der Waals surface area contributed by atoms with E-state index in [1.54, 1.807) is 0 Å². The predicted octanol–water partition coefficient (Wildman–Crippen LogP) is -60.8. The molecule has 0 radical (unpaired) electrons. The summed E-state index contributed by atoms with van der Waals surface area (Å²) in [6.45, 7) is -1.88. The van der Waals surface area contributed by atoms with Crippen molar-refractivity contribution in [3.63, 3.8) is 0 Å². The molecular weight excluding hydrogens is 2190 g/mol. The standard InChI is InChI=1S/C49H78N5O45S5.16Na.3H2O4S/c50-4-2-1-3-5-79-49-44(99-104(76,77)78)36(59)23(12-83-49)91-48-34(54)40(63)43(27(95-48)16-87-103(73,74)75)98-30-8-19(57)22(11-82-30)90-47-33(53)39(62)42(26(94-47)15-86-102(70,71)72)97-29-7-18(56)21(10-81-29)89-46-32(52)38(61)41(25(93-46)14-85-101(67,68)69)96-28-6-17(55)20(9-80-28)88-45-31(51)37(60)35(58)24(92-45)13-84-100(64,65)66;;;;;;;;;;;;;;;;;3*1-5(2,3)4/h6-12,17-49,51-63H,1-5,13-16,50H2,(H,64,65,66)(H,67,68,69)(H,70,71,72)(H,73,74,75)(H,76,77,78);;;;;;;;;;;;;;;;;3*(H2,1,2,3,4)/q-11;16*+1;;;/p-8/t17-,18+,19-,20+,21+,22+,23+,24?,25?,26?,27?,28-,29-,30-,31?,32?,33?,34?,35+,36-,37+,38+,39+,40+,41+,42+,43+,44?,45-,46-,47-,48-,49+;;;;;;;;;;;;;;;;;;;/m0.................../s1. The zero-order valence-corrected chi connectivity index (χ0v) is 114. The van der Waals surface area contributed by atoms with Crippen molar-refractivity contribution in [1.82, 2.24) is 0 Å². The van der Waals surface area contributed by atoms with Crippen LogP contribution in [0.1, 0.15) is 19.3 Å². The van der Waals surface area contributed by atoms with Crippen molar-refractivity contribution in [2.45, 2.75) is 222 Å². The Hall–Kier alpha value is 13.8. The first-order chi connectivity index (χ1) is 54.5. The second-order valence-corrected chi connectivity index (χ2v) is 32.6. The fraction of sp³-hybridized carbons (Fsp3) is 0.857. The van der Waals surface area contributed by atoms with Crippen LogP contribution in [-0.2, 0) is 180 Å². The van der Waals surface area contributed by atoms with Crippen LogP contribution in [0.3, 0.4) is 0 Å². The molecule has 8 fully saturated rings. The molecule has 0 bridgehead atoms. The molecule has 8 aliphatic heterocycles. The van der Waals surface area contributed by atoms with E-state index in [2.05, 4.69) is 20.9 Å². The molecule has 135 heavy (non-hydrogen) atoms. The van der Waals surface area contributed by atoms with E-state index in [9.17, 15) is 111 Å². The molecule has 62 nitrogen and oxygen atoms in total. The van der Waals surface area contributed by atoms with Gasteiger partial charge in [-0.3, -0.25) is 34.6 Å². The Morgan fingerprint density at radius 2 is 0.541 bits per heavy atom. The van der Waals surface area contributed by atoms with Crippen LogP contribution < -0.4 is 479 Å². The molecule has 0 aliphatic carbocycles.